The van der Waals surface area contributed by atoms with Gasteiger partial charge in [-0.15, -0.1) is 0 Å². The van der Waals surface area contributed by atoms with Gasteiger partial charge in [0.1, 0.15) is 11.5 Å². The molecule has 0 heterocycles. The van der Waals surface area contributed by atoms with Crippen molar-refractivity contribution in [1.82, 2.24) is 0 Å². The molecule has 0 bridgehead atoms. The maximum absolute atomic E-state index is 9.81. The smallest absolute Gasteiger partial charge is 0.240 e. The second-order valence-corrected chi connectivity index (χ2v) is 4.85. The second-order valence-electron chi connectivity index (χ2n) is 4.85. The lowest BCUT2D eigenvalue weighted by Gasteiger charge is -2.03. The van der Waals surface area contributed by atoms with Crippen LogP contribution in [0.15, 0.2) is 94.9 Å². The number of hydrogen-bond donors (Lipinski definition) is 2. The lowest BCUT2D eigenvalue weighted by Crippen LogP contribution is -1.81. The fourth-order valence-electron chi connectivity index (χ4n) is 1.82. The predicted molar refractivity (Wildman–Crippen MR) is 112 cm³/mol. The molecule has 0 radical (unpaired) electrons. The number of aliphatic imine (C=N–C) groups is 2. The molecule has 0 saturated heterocycles. The van der Waals surface area contributed by atoms with E-state index in [2.05, 4.69) is 9.98 Å². The Morgan fingerprint density at radius 2 is 0.839 bits per heavy atom. The third-order valence-corrected chi connectivity index (χ3v) is 2.92. The lowest BCUT2D eigenvalue weighted by molar-refractivity contribution is 0.482. The number of benzene rings is 3. The zero-order valence-corrected chi connectivity index (χ0v) is 16.0. The van der Waals surface area contributed by atoms with Crippen molar-refractivity contribution in [2.24, 2.45) is 9.98 Å². The Labute approximate surface area is 177 Å². The summed E-state index contributed by atoms with van der Waals surface area (Å²) in [6, 6.07) is 25.7. The second kappa shape index (κ2) is 18.3. The highest BCUT2D eigenvalue weighted by molar-refractivity contribution is 5.55. The Balaban J connectivity index is 0.000000466. The average molecular weight is 416 g/mol. The van der Waals surface area contributed by atoms with Crippen molar-refractivity contribution in [1.29, 1.82) is 10.8 Å². The maximum Gasteiger partial charge on any atom is 0.240 e. The van der Waals surface area contributed by atoms with Gasteiger partial charge in [-0.3, -0.25) is 0 Å². The van der Waals surface area contributed by atoms with Gasteiger partial charge in [0.2, 0.25) is 24.3 Å². The van der Waals surface area contributed by atoms with Crippen molar-refractivity contribution in [3.63, 3.8) is 0 Å². The molecule has 3 rings (SSSR count). The minimum Gasteiger partial charge on any atom is -0.457 e. The van der Waals surface area contributed by atoms with E-state index in [4.69, 9.17) is 25.1 Å². The van der Waals surface area contributed by atoms with Crippen LogP contribution < -0.4 is 4.74 Å². The van der Waals surface area contributed by atoms with Gasteiger partial charge < -0.3 is 4.74 Å². The molecule has 3 aromatic carbocycles. The number of isocyanates is 4. The summed E-state index contributed by atoms with van der Waals surface area (Å²) in [4.78, 5) is 43.0. The van der Waals surface area contributed by atoms with Gasteiger partial charge in [-0.25, -0.2) is 30.0 Å². The largest absolute Gasteiger partial charge is 0.457 e. The van der Waals surface area contributed by atoms with Crippen LogP contribution in [0.2, 0.25) is 0 Å². The van der Waals surface area contributed by atoms with Gasteiger partial charge in [0, 0.05) is 0 Å². The molecule has 0 saturated carbocycles. The van der Waals surface area contributed by atoms with Crippen LogP contribution in [0.25, 0.3) is 0 Å². The van der Waals surface area contributed by atoms with E-state index in [1.54, 1.807) is 24.3 Å². The highest BCUT2D eigenvalue weighted by atomic mass is 16.5. The molecule has 9 heteroatoms. The van der Waals surface area contributed by atoms with Crippen molar-refractivity contribution in [2.45, 2.75) is 0 Å². The molecule has 2 N–H and O–H groups in total. The maximum atomic E-state index is 9.81. The molecular weight excluding hydrogens is 400 g/mol. The molecule has 154 valence electrons. The standard InChI is InChI=1S/C12H10O.C8H4N2O2.2CHNO/c1-3-7-11(8-4-1)13-12-9-5-2-6-10-12;11-5-9-7-1-2-8(4-3-7)10-6-12;2*2-1-3/h1-10H;1-4H;2*2H. The van der Waals surface area contributed by atoms with Crippen molar-refractivity contribution in [3.8, 4) is 11.5 Å². The van der Waals surface area contributed by atoms with E-state index in [1.165, 1.54) is 12.2 Å². The molecule has 9 nitrogen and oxygen atoms in total. The zero-order valence-electron chi connectivity index (χ0n) is 16.0. The topological polar surface area (TPSA) is 150 Å². The lowest BCUT2D eigenvalue weighted by atomic mass is 10.3. The van der Waals surface area contributed by atoms with Gasteiger partial charge in [0.25, 0.3) is 0 Å². The molecule has 0 amide bonds. The SMILES string of the molecule is N=C=O.N=C=O.O=C=Nc1ccc(N=C=O)cc1.c1ccc(Oc2ccccc2)cc1. The highest BCUT2D eigenvalue weighted by Gasteiger charge is 1.92. The number of nitrogens with zero attached hydrogens (tertiary/aromatic N) is 2. The predicted octanol–water partition coefficient (Wildman–Crippen LogP) is 4.90. The number of ether oxygens (including phenoxy) is 1. The molecule has 0 aliphatic carbocycles. The normalized spacial score (nSPS) is 7.61. The molecule has 0 aliphatic rings. The van der Waals surface area contributed by atoms with Crippen molar-refractivity contribution in [2.75, 3.05) is 0 Å². The van der Waals surface area contributed by atoms with E-state index in [1.807, 2.05) is 60.7 Å². The first-order valence-electron chi connectivity index (χ1n) is 8.26. The summed E-state index contributed by atoms with van der Waals surface area (Å²) in [5, 5.41) is 10.8. The van der Waals surface area contributed by atoms with Crippen LogP contribution in [0.5, 0.6) is 11.5 Å². The summed E-state index contributed by atoms with van der Waals surface area (Å²) in [5.74, 6) is 1.74. The molecular formula is C22H16N4O5. The summed E-state index contributed by atoms with van der Waals surface area (Å²) in [7, 11) is 0. The number of nitrogens with one attached hydrogen (secondary N) is 2. The average Bonchev–Trinajstić information content (AvgIpc) is 2.79. The minimum absolute atomic E-state index is 0.481. The van der Waals surface area contributed by atoms with Crippen molar-refractivity contribution in [3.05, 3.63) is 84.9 Å². The molecule has 3 aromatic rings. The molecule has 0 spiro atoms. The first-order valence-corrected chi connectivity index (χ1v) is 8.26. The number of carbonyl (C=O) groups excluding carboxylic acids is 4. The Morgan fingerprint density at radius 3 is 1.10 bits per heavy atom. The Bertz CT molecular complexity index is 960. The van der Waals surface area contributed by atoms with Gasteiger partial charge in [0.05, 0.1) is 11.4 Å². The molecule has 0 atom stereocenters. The van der Waals surface area contributed by atoms with Crippen molar-refractivity contribution >= 4 is 35.7 Å². The Morgan fingerprint density at radius 1 is 0.548 bits per heavy atom. The Hall–Kier alpha value is -5.02. The molecule has 0 fully saturated rings. The molecule has 0 unspecified atom stereocenters. The number of rotatable bonds is 4. The Kier molecular flexibility index (Phi) is 15.4. The van der Waals surface area contributed by atoms with Crippen LogP contribution in [-0.4, -0.2) is 24.3 Å². The van der Waals surface area contributed by atoms with Gasteiger partial charge >= 0.3 is 0 Å². The summed E-state index contributed by atoms with van der Waals surface area (Å²) in [6.45, 7) is 0. The van der Waals surface area contributed by atoms with Crippen LogP contribution >= 0.6 is 0 Å². The van der Waals surface area contributed by atoms with Gasteiger partial charge in [0.15, 0.2) is 0 Å². The summed E-state index contributed by atoms with van der Waals surface area (Å²) >= 11 is 0. The van der Waals surface area contributed by atoms with Crippen LogP contribution in [0.4, 0.5) is 11.4 Å². The fraction of sp³-hybridized carbons (Fsp3) is 0. The van der Waals surface area contributed by atoms with E-state index in [0.29, 0.717) is 11.4 Å². The minimum atomic E-state index is 0.481. The quantitative estimate of drug-likeness (QED) is 0.458. The van der Waals surface area contributed by atoms with Crippen molar-refractivity contribution < 1.29 is 23.9 Å². The molecule has 0 aliphatic heterocycles. The third kappa shape index (κ3) is 13.7. The van der Waals surface area contributed by atoms with Gasteiger partial charge in [-0.1, -0.05) is 36.4 Å². The molecule has 0 aromatic heterocycles. The van der Waals surface area contributed by atoms with E-state index in [9.17, 15) is 9.59 Å². The first kappa shape index (κ1) is 26.0. The number of para-hydroxylation sites is 2. The first-order chi connectivity index (χ1) is 15.1. The van der Waals surface area contributed by atoms with E-state index in [-0.39, 0.29) is 0 Å². The highest BCUT2D eigenvalue weighted by Crippen LogP contribution is 2.19. The van der Waals surface area contributed by atoms with Crippen LogP contribution in [0, 0.1) is 10.8 Å². The van der Waals surface area contributed by atoms with Gasteiger partial charge in [-0.05, 0) is 48.5 Å². The van der Waals surface area contributed by atoms with E-state index < -0.39 is 0 Å². The summed E-state index contributed by atoms with van der Waals surface area (Å²) in [5.41, 5.74) is 0.963. The van der Waals surface area contributed by atoms with Crippen LogP contribution in [0.3, 0.4) is 0 Å². The number of hydrogen-bond acceptors (Lipinski definition) is 9. The van der Waals surface area contributed by atoms with Gasteiger partial charge in [-0.2, -0.15) is 9.98 Å². The third-order valence-electron chi connectivity index (χ3n) is 2.92. The summed E-state index contributed by atoms with van der Waals surface area (Å²) in [6.07, 6.45) is 4.30. The van der Waals surface area contributed by atoms with E-state index >= 15 is 0 Å². The zero-order chi connectivity index (χ0) is 23.2. The monoisotopic (exact) mass is 416 g/mol. The molecule has 31 heavy (non-hydrogen) atoms. The van der Waals surface area contributed by atoms with Crippen LogP contribution in [0.1, 0.15) is 0 Å². The van der Waals surface area contributed by atoms with E-state index in [0.717, 1.165) is 23.7 Å². The van der Waals surface area contributed by atoms with Crippen LogP contribution in [-0.2, 0) is 19.2 Å². The fourth-order valence-corrected chi connectivity index (χ4v) is 1.82. The summed E-state index contributed by atoms with van der Waals surface area (Å²) < 4.78 is 5.58.